The predicted octanol–water partition coefficient (Wildman–Crippen LogP) is 4.61. The summed E-state index contributed by atoms with van der Waals surface area (Å²) in [5.41, 5.74) is 8.19. The highest BCUT2D eigenvalue weighted by molar-refractivity contribution is 7.99. The summed E-state index contributed by atoms with van der Waals surface area (Å²) in [7, 11) is 2.02. The van der Waals surface area contributed by atoms with Gasteiger partial charge in [0.1, 0.15) is 0 Å². The second-order valence-electron chi connectivity index (χ2n) is 6.17. The molecule has 0 spiro atoms. The van der Waals surface area contributed by atoms with E-state index in [4.69, 9.17) is 0 Å². The minimum atomic E-state index is 0.614. The molecule has 1 aliphatic carbocycles. The highest BCUT2D eigenvalue weighted by atomic mass is 32.2. The number of fused-ring (bicyclic) bond motifs is 3. The molecule has 2 nitrogen and oxygen atoms in total. The third-order valence-electron chi connectivity index (χ3n) is 4.78. The molecular weight excluding hydrogens is 288 g/mol. The van der Waals surface area contributed by atoms with Gasteiger partial charge in [-0.05, 0) is 65.2 Å². The van der Waals surface area contributed by atoms with Gasteiger partial charge >= 0.3 is 0 Å². The lowest BCUT2D eigenvalue weighted by Crippen LogP contribution is -2.24. The van der Waals surface area contributed by atoms with Crippen molar-refractivity contribution in [3.63, 3.8) is 0 Å². The molecule has 0 saturated carbocycles. The number of benzene rings is 2. The summed E-state index contributed by atoms with van der Waals surface area (Å²) in [6, 6.07) is 14.1. The summed E-state index contributed by atoms with van der Waals surface area (Å²) in [5.74, 6) is 2.56. The summed E-state index contributed by atoms with van der Waals surface area (Å²) < 4.78 is 0. The maximum Gasteiger partial charge on any atom is 0.0584 e. The number of hydrogen-bond donors (Lipinski definition) is 2. The van der Waals surface area contributed by atoms with Crippen molar-refractivity contribution in [3.05, 3.63) is 47.5 Å². The van der Waals surface area contributed by atoms with E-state index in [0.29, 0.717) is 6.04 Å². The highest BCUT2D eigenvalue weighted by Gasteiger charge is 2.21. The van der Waals surface area contributed by atoms with Crippen LogP contribution in [0.2, 0.25) is 0 Å². The van der Waals surface area contributed by atoms with Crippen LogP contribution in [0.4, 0.5) is 11.4 Å². The summed E-state index contributed by atoms with van der Waals surface area (Å²) in [6.45, 7) is 0. The first kappa shape index (κ1) is 14.0. The summed E-state index contributed by atoms with van der Waals surface area (Å²) in [4.78, 5) is 0. The van der Waals surface area contributed by atoms with E-state index in [2.05, 4.69) is 58.8 Å². The first-order valence-corrected chi connectivity index (χ1v) is 9.28. The van der Waals surface area contributed by atoms with Crippen LogP contribution >= 0.6 is 11.8 Å². The molecular formula is C19H22N2S. The summed E-state index contributed by atoms with van der Waals surface area (Å²) in [5, 5.41) is 7.16. The van der Waals surface area contributed by atoms with Crippen LogP contribution in [-0.2, 0) is 6.42 Å². The fourth-order valence-corrected chi connectivity index (χ4v) is 4.68. The number of hydrogen-bond acceptors (Lipinski definition) is 3. The Labute approximate surface area is 136 Å². The van der Waals surface area contributed by atoms with Crippen molar-refractivity contribution in [2.75, 3.05) is 29.2 Å². The van der Waals surface area contributed by atoms with Gasteiger partial charge in [0.25, 0.3) is 0 Å². The van der Waals surface area contributed by atoms with E-state index in [-0.39, 0.29) is 0 Å². The van der Waals surface area contributed by atoms with E-state index < -0.39 is 0 Å². The van der Waals surface area contributed by atoms with E-state index in [1.165, 1.54) is 58.0 Å². The van der Waals surface area contributed by atoms with Crippen LogP contribution in [0.5, 0.6) is 0 Å². The van der Waals surface area contributed by atoms with Gasteiger partial charge in [-0.2, -0.15) is 11.8 Å². The zero-order valence-electron chi connectivity index (χ0n) is 13.0. The van der Waals surface area contributed by atoms with Crippen LogP contribution in [-0.4, -0.2) is 24.6 Å². The molecule has 0 unspecified atom stereocenters. The molecule has 2 aromatic rings. The molecule has 22 heavy (non-hydrogen) atoms. The van der Waals surface area contributed by atoms with Gasteiger partial charge in [0.15, 0.2) is 0 Å². The third-order valence-corrected chi connectivity index (χ3v) is 5.83. The molecule has 1 fully saturated rings. The second-order valence-corrected chi connectivity index (χ2v) is 7.39. The average Bonchev–Trinajstić information content (AvgIpc) is 2.93. The van der Waals surface area contributed by atoms with Gasteiger partial charge in [-0.25, -0.2) is 0 Å². The lowest BCUT2D eigenvalue weighted by Gasteiger charge is -2.25. The van der Waals surface area contributed by atoms with Crippen molar-refractivity contribution < 1.29 is 0 Å². The van der Waals surface area contributed by atoms with Crippen LogP contribution in [0.25, 0.3) is 11.1 Å². The highest BCUT2D eigenvalue weighted by Crippen LogP contribution is 2.41. The monoisotopic (exact) mass is 310 g/mol. The van der Waals surface area contributed by atoms with Gasteiger partial charge in [-0.3, -0.25) is 0 Å². The van der Waals surface area contributed by atoms with E-state index in [1.54, 1.807) is 0 Å². The van der Waals surface area contributed by atoms with Crippen LogP contribution < -0.4 is 10.6 Å². The zero-order chi connectivity index (χ0) is 14.9. The van der Waals surface area contributed by atoms with Crippen molar-refractivity contribution >= 4 is 23.1 Å². The van der Waals surface area contributed by atoms with Gasteiger partial charge in [0, 0.05) is 13.1 Å². The molecule has 1 saturated heterocycles. The normalized spacial score (nSPS) is 17.0. The summed E-state index contributed by atoms with van der Waals surface area (Å²) in [6.07, 6.45) is 3.59. The van der Waals surface area contributed by atoms with Gasteiger partial charge in [0.05, 0.1) is 11.4 Å². The van der Waals surface area contributed by atoms with E-state index >= 15 is 0 Å². The molecule has 2 aliphatic rings. The average molecular weight is 310 g/mol. The van der Waals surface area contributed by atoms with Crippen molar-refractivity contribution in [2.45, 2.75) is 25.3 Å². The molecule has 3 heteroatoms. The fourth-order valence-electron chi connectivity index (χ4n) is 3.57. The van der Waals surface area contributed by atoms with E-state index in [1.807, 2.05) is 7.05 Å². The zero-order valence-corrected chi connectivity index (χ0v) is 13.8. The molecule has 114 valence electrons. The van der Waals surface area contributed by atoms with E-state index in [9.17, 15) is 0 Å². The fraction of sp³-hybridized carbons (Fsp3) is 0.368. The molecule has 1 heterocycles. The van der Waals surface area contributed by atoms with Gasteiger partial charge in [0.2, 0.25) is 0 Å². The number of nitrogens with one attached hydrogen (secondary N) is 2. The maximum atomic E-state index is 3.79. The smallest absolute Gasteiger partial charge is 0.0584 e. The molecule has 0 bridgehead atoms. The van der Waals surface area contributed by atoms with Crippen LogP contribution in [0.3, 0.4) is 0 Å². The quantitative estimate of drug-likeness (QED) is 0.739. The number of anilines is 2. The lowest BCUT2D eigenvalue weighted by atomic mass is 10.0. The van der Waals surface area contributed by atoms with Crippen molar-refractivity contribution in [1.82, 2.24) is 0 Å². The Morgan fingerprint density at radius 2 is 1.77 bits per heavy atom. The summed E-state index contributed by atoms with van der Waals surface area (Å²) >= 11 is 2.07. The first-order chi connectivity index (χ1) is 10.8. The Morgan fingerprint density at radius 3 is 2.59 bits per heavy atom. The van der Waals surface area contributed by atoms with Crippen molar-refractivity contribution in [1.29, 1.82) is 0 Å². The molecule has 2 aromatic carbocycles. The molecule has 4 rings (SSSR count). The molecule has 0 aromatic heterocycles. The van der Waals surface area contributed by atoms with Gasteiger partial charge in [-0.1, -0.05) is 24.3 Å². The SMILES string of the molecule is CNc1cc2c(cc1NC1CCSCC1)-c1ccccc1C2. The molecule has 0 atom stereocenters. The number of thioether (sulfide) groups is 1. The van der Waals surface area contributed by atoms with Crippen molar-refractivity contribution in [3.8, 4) is 11.1 Å². The Bertz CT molecular complexity index is 690. The number of rotatable bonds is 3. The molecule has 0 radical (unpaired) electrons. The molecule has 1 aliphatic heterocycles. The third kappa shape index (κ3) is 2.48. The van der Waals surface area contributed by atoms with Crippen LogP contribution in [0.1, 0.15) is 24.0 Å². The molecule has 0 amide bonds. The first-order valence-electron chi connectivity index (χ1n) is 8.12. The standard InChI is InChI=1S/C19H22N2S/c1-20-18-11-14-10-13-4-2-3-5-16(13)17(14)12-19(18)21-15-6-8-22-9-7-15/h2-5,11-12,15,20-21H,6-10H2,1H3. The predicted molar refractivity (Wildman–Crippen MR) is 98.2 cm³/mol. The minimum Gasteiger partial charge on any atom is -0.386 e. The largest absolute Gasteiger partial charge is 0.386 e. The van der Waals surface area contributed by atoms with Crippen LogP contribution in [0, 0.1) is 0 Å². The van der Waals surface area contributed by atoms with Crippen molar-refractivity contribution in [2.24, 2.45) is 0 Å². The Morgan fingerprint density at radius 1 is 0.955 bits per heavy atom. The second kappa shape index (κ2) is 5.88. The van der Waals surface area contributed by atoms with E-state index in [0.717, 1.165) is 6.42 Å². The molecule has 2 N–H and O–H groups in total. The Hall–Kier alpha value is -1.61. The van der Waals surface area contributed by atoms with Crippen LogP contribution in [0.15, 0.2) is 36.4 Å². The Kier molecular flexibility index (Phi) is 3.75. The minimum absolute atomic E-state index is 0.614. The van der Waals surface area contributed by atoms with Gasteiger partial charge < -0.3 is 10.6 Å². The topological polar surface area (TPSA) is 24.1 Å². The van der Waals surface area contributed by atoms with Gasteiger partial charge in [-0.15, -0.1) is 0 Å². The Balaban J connectivity index is 1.70. The maximum absolute atomic E-state index is 3.79. The lowest BCUT2D eigenvalue weighted by molar-refractivity contribution is 0.667.